The minimum absolute atomic E-state index is 0.0580. The zero-order valence-electron chi connectivity index (χ0n) is 16.6. The number of fused-ring (bicyclic) bond motifs is 1. The summed E-state index contributed by atoms with van der Waals surface area (Å²) in [7, 11) is 0. The van der Waals surface area contributed by atoms with Gasteiger partial charge in [-0.2, -0.15) is 0 Å². The largest absolute Gasteiger partial charge is 0.356 e. The van der Waals surface area contributed by atoms with Crippen molar-refractivity contribution in [2.45, 2.75) is 32.1 Å². The maximum atomic E-state index is 13.8. The van der Waals surface area contributed by atoms with E-state index in [0.717, 1.165) is 0 Å². The van der Waals surface area contributed by atoms with Crippen LogP contribution in [-0.2, 0) is 0 Å². The Bertz CT molecular complexity index is 1110. The molecule has 2 aromatic rings. The molecule has 2 aliphatic heterocycles. The average Bonchev–Trinajstić information content (AvgIpc) is 2.87. The second kappa shape index (κ2) is 7.88. The summed E-state index contributed by atoms with van der Waals surface area (Å²) in [4.78, 5) is 42.7. The average molecular weight is 449 g/mol. The third-order valence-electron chi connectivity index (χ3n) is 5.39. The highest BCUT2D eigenvalue weighted by Gasteiger charge is 2.33. The van der Waals surface area contributed by atoms with E-state index in [-0.39, 0.29) is 53.3 Å². The van der Waals surface area contributed by atoms with Crippen molar-refractivity contribution in [3.8, 4) is 0 Å². The fourth-order valence-corrected chi connectivity index (χ4v) is 3.85. The molecule has 3 heterocycles. The van der Waals surface area contributed by atoms with Crippen molar-refractivity contribution in [1.29, 1.82) is 0 Å². The first kappa shape index (κ1) is 21.2. The Morgan fingerprint density at radius 2 is 1.90 bits per heavy atom. The van der Waals surface area contributed by atoms with Crippen molar-refractivity contribution >= 4 is 40.8 Å². The fourth-order valence-electron chi connectivity index (χ4n) is 3.70. The summed E-state index contributed by atoms with van der Waals surface area (Å²) in [5.41, 5.74) is 1.32. The van der Waals surface area contributed by atoms with Gasteiger partial charge in [-0.15, -0.1) is 0 Å². The molecule has 7 nitrogen and oxygen atoms in total. The van der Waals surface area contributed by atoms with Crippen LogP contribution in [-0.4, -0.2) is 41.7 Å². The van der Waals surface area contributed by atoms with Crippen molar-refractivity contribution < 1.29 is 23.2 Å². The summed E-state index contributed by atoms with van der Waals surface area (Å²) >= 11 is 6.19. The van der Waals surface area contributed by atoms with Crippen molar-refractivity contribution in [3.63, 3.8) is 0 Å². The number of amides is 3. The number of pyridine rings is 1. The molecule has 162 valence electrons. The minimum atomic E-state index is -2.75. The zero-order chi connectivity index (χ0) is 22.3. The second-order valence-electron chi connectivity index (χ2n) is 7.62. The maximum absolute atomic E-state index is 13.8. The monoisotopic (exact) mass is 448 g/mol. The van der Waals surface area contributed by atoms with Gasteiger partial charge in [0.15, 0.2) is 0 Å². The molecule has 4 rings (SSSR count). The summed E-state index contributed by atoms with van der Waals surface area (Å²) in [6.45, 7) is 2.07. The van der Waals surface area contributed by atoms with Crippen LogP contribution in [0.5, 0.6) is 0 Å². The molecule has 31 heavy (non-hydrogen) atoms. The van der Waals surface area contributed by atoms with Crippen LogP contribution in [0.3, 0.4) is 0 Å². The second-order valence-corrected chi connectivity index (χ2v) is 8.03. The van der Waals surface area contributed by atoms with E-state index in [4.69, 9.17) is 11.6 Å². The summed E-state index contributed by atoms with van der Waals surface area (Å²) < 4.78 is 27.6. The van der Waals surface area contributed by atoms with Crippen LogP contribution >= 0.6 is 11.6 Å². The third kappa shape index (κ3) is 4.23. The molecular formula is C21H19ClF2N4O3. The van der Waals surface area contributed by atoms with Crippen molar-refractivity contribution in [2.24, 2.45) is 0 Å². The predicted molar refractivity (Wildman–Crippen MR) is 111 cm³/mol. The first-order chi connectivity index (χ1) is 14.6. The number of nitrogens with one attached hydrogen (secondary N) is 2. The van der Waals surface area contributed by atoms with E-state index in [9.17, 15) is 23.2 Å². The predicted octanol–water partition coefficient (Wildman–Crippen LogP) is 3.80. The molecule has 0 bridgehead atoms. The Morgan fingerprint density at radius 1 is 1.16 bits per heavy atom. The van der Waals surface area contributed by atoms with E-state index in [0.29, 0.717) is 17.9 Å². The lowest BCUT2D eigenvalue weighted by molar-refractivity contribution is -0.0102. The number of carbonyl (C=O) groups is 3. The number of aryl methyl sites for hydroxylation is 1. The number of nitrogens with zero attached hydrogens (tertiary/aromatic N) is 2. The Labute approximate surface area is 181 Å². The molecule has 0 atom stereocenters. The summed E-state index contributed by atoms with van der Waals surface area (Å²) in [5, 5.41) is 5.14. The molecule has 2 N–H and O–H groups in total. The number of hydrogen-bond donors (Lipinski definition) is 2. The first-order valence-electron chi connectivity index (χ1n) is 9.76. The SMILES string of the molecule is Cc1nc(N2CCCC(F)(F)CC2)c(C(=O)Nc2ccc3c(c2)C(=O)NC3=O)cc1Cl. The van der Waals surface area contributed by atoms with E-state index in [1.165, 1.54) is 24.3 Å². The number of hydrogen-bond acceptors (Lipinski definition) is 5. The van der Waals surface area contributed by atoms with E-state index in [1.807, 2.05) is 0 Å². The van der Waals surface area contributed by atoms with Crippen LogP contribution in [0, 0.1) is 6.92 Å². The Balaban J connectivity index is 1.64. The highest BCUT2D eigenvalue weighted by Crippen LogP contribution is 2.32. The van der Waals surface area contributed by atoms with E-state index in [1.54, 1.807) is 11.8 Å². The Hall–Kier alpha value is -3.07. The Kier molecular flexibility index (Phi) is 5.38. The zero-order valence-corrected chi connectivity index (χ0v) is 17.4. The van der Waals surface area contributed by atoms with Crippen LogP contribution in [0.25, 0.3) is 0 Å². The smallest absolute Gasteiger partial charge is 0.259 e. The molecule has 1 fully saturated rings. The number of benzene rings is 1. The van der Waals surface area contributed by atoms with Gasteiger partial charge in [0.2, 0.25) is 5.92 Å². The molecule has 0 unspecified atom stereocenters. The van der Waals surface area contributed by atoms with Gasteiger partial charge in [0.1, 0.15) is 5.82 Å². The normalized spacial score (nSPS) is 17.7. The number of carbonyl (C=O) groups excluding carboxylic acids is 3. The van der Waals surface area contributed by atoms with Gasteiger partial charge in [-0.3, -0.25) is 19.7 Å². The van der Waals surface area contributed by atoms with Gasteiger partial charge >= 0.3 is 0 Å². The van der Waals surface area contributed by atoms with Crippen LogP contribution in [0.15, 0.2) is 24.3 Å². The fraction of sp³-hybridized carbons (Fsp3) is 0.333. The van der Waals surface area contributed by atoms with Gasteiger partial charge in [-0.25, -0.2) is 13.8 Å². The molecule has 1 aromatic carbocycles. The molecular weight excluding hydrogens is 430 g/mol. The van der Waals surface area contributed by atoms with Crippen molar-refractivity contribution in [1.82, 2.24) is 10.3 Å². The number of anilines is 2. The summed E-state index contributed by atoms with van der Waals surface area (Å²) in [6.07, 6.45) is -0.274. The van der Waals surface area contributed by atoms with Gasteiger partial charge in [0, 0.05) is 31.6 Å². The summed E-state index contributed by atoms with van der Waals surface area (Å²) in [6, 6.07) is 5.82. The molecule has 0 spiro atoms. The lowest BCUT2D eigenvalue weighted by Gasteiger charge is -2.24. The van der Waals surface area contributed by atoms with Crippen LogP contribution < -0.4 is 15.5 Å². The third-order valence-corrected chi connectivity index (χ3v) is 5.77. The number of halogens is 3. The number of imide groups is 1. The van der Waals surface area contributed by atoms with Gasteiger partial charge in [-0.1, -0.05) is 11.6 Å². The number of aromatic nitrogens is 1. The van der Waals surface area contributed by atoms with E-state index in [2.05, 4.69) is 15.6 Å². The molecule has 1 aromatic heterocycles. The van der Waals surface area contributed by atoms with Gasteiger partial charge in [0.05, 0.1) is 27.4 Å². The van der Waals surface area contributed by atoms with Crippen molar-refractivity contribution in [3.05, 3.63) is 51.7 Å². The van der Waals surface area contributed by atoms with E-state index < -0.39 is 23.6 Å². The quantitative estimate of drug-likeness (QED) is 0.697. The minimum Gasteiger partial charge on any atom is -0.356 e. The van der Waals surface area contributed by atoms with Crippen molar-refractivity contribution in [2.75, 3.05) is 23.3 Å². The molecule has 2 aliphatic rings. The number of alkyl halides is 2. The first-order valence-corrected chi connectivity index (χ1v) is 10.1. The van der Waals surface area contributed by atoms with E-state index >= 15 is 0 Å². The maximum Gasteiger partial charge on any atom is 0.259 e. The lowest BCUT2D eigenvalue weighted by atomic mass is 10.1. The van der Waals surface area contributed by atoms with Gasteiger partial charge in [0.25, 0.3) is 17.7 Å². The van der Waals surface area contributed by atoms with Crippen LogP contribution in [0.2, 0.25) is 5.02 Å². The van der Waals surface area contributed by atoms with Crippen LogP contribution in [0.4, 0.5) is 20.3 Å². The van der Waals surface area contributed by atoms with Gasteiger partial charge in [-0.05, 0) is 37.6 Å². The molecule has 1 saturated heterocycles. The Morgan fingerprint density at radius 3 is 2.68 bits per heavy atom. The topological polar surface area (TPSA) is 91.4 Å². The lowest BCUT2D eigenvalue weighted by Crippen LogP contribution is -2.29. The number of rotatable bonds is 3. The van der Waals surface area contributed by atoms with Gasteiger partial charge < -0.3 is 10.2 Å². The molecule has 3 amide bonds. The molecule has 0 radical (unpaired) electrons. The highest BCUT2D eigenvalue weighted by molar-refractivity contribution is 6.31. The molecule has 10 heteroatoms. The van der Waals surface area contributed by atoms with Crippen LogP contribution in [0.1, 0.15) is 56.0 Å². The highest BCUT2D eigenvalue weighted by atomic mass is 35.5. The summed E-state index contributed by atoms with van der Waals surface area (Å²) in [5.74, 6) is -4.05. The molecule has 0 aliphatic carbocycles. The standard InChI is InChI=1S/C21H19ClF2N4O3/c1-11-16(22)10-15(17(25-11)28-7-2-5-21(23,24)6-8-28)20(31)26-12-3-4-13-14(9-12)19(30)27-18(13)29/h3-4,9-10H,2,5-8H2,1H3,(H,26,31)(H,27,29,30). The molecule has 0 saturated carbocycles.